The number of thiophene rings is 1. The molecular formula is C27H26FNO7S. The highest BCUT2D eigenvalue weighted by Gasteiger charge is 2.36. The maximum atomic E-state index is 14.1. The molecule has 8 nitrogen and oxygen atoms in total. The van der Waals surface area contributed by atoms with Crippen LogP contribution < -0.4 is 10.1 Å². The molecule has 10 heteroatoms. The lowest BCUT2D eigenvalue weighted by atomic mass is 9.77. The average Bonchev–Trinajstić information content (AvgIpc) is 3.32. The Kier molecular flexibility index (Phi) is 8.44. The second-order valence-corrected chi connectivity index (χ2v) is 9.79. The topological polar surface area (TPSA) is 130 Å². The Morgan fingerprint density at radius 1 is 0.946 bits per heavy atom. The molecule has 0 saturated carbocycles. The van der Waals surface area contributed by atoms with Crippen molar-refractivity contribution in [3.8, 4) is 5.75 Å². The zero-order valence-corrected chi connectivity index (χ0v) is 21.3. The summed E-state index contributed by atoms with van der Waals surface area (Å²) in [5.41, 5.74) is -0.694. The number of benzene rings is 2. The van der Waals surface area contributed by atoms with E-state index in [-0.39, 0.29) is 33.9 Å². The van der Waals surface area contributed by atoms with E-state index >= 15 is 0 Å². The Bertz CT molecular complexity index is 1330. The molecule has 37 heavy (non-hydrogen) atoms. The van der Waals surface area contributed by atoms with Crippen molar-refractivity contribution in [1.82, 2.24) is 0 Å². The smallest absolute Gasteiger partial charge is 0.353 e. The molecule has 0 fully saturated rings. The summed E-state index contributed by atoms with van der Waals surface area (Å²) in [6.07, 6.45) is 1.12. The molecule has 0 spiro atoms. The first-order valence-corrected chi connectivity index (χ1v) is 12.3. The first kappa shape index (κ1) is 27.5. The molecule has 3 N–H and O–H groups in total. The third-order valence-electron chi connectivity index (χ3n) is 6.19. The third-order valence-corrected chi connectivity index (χ3v) is 7.25. The minimum Gasteiger partial charge on any atom is -0.478 e. The molecule has 0 atom stereocenters. The van der Waals surface area contributed by atoms with Gasteiger partial charge in [0.25, 0.3) is 0 Å². The van der Waals surface area contributed by atoms with E-state index in [1.54, 1.807) is 25.1 Å². The van der Waals surface area contributed by atoms with Crippen LogP contribution in [0.5, 0.6) is 5.75 Å². The van der Waals surface area contributed by atoms with E-state index in [0.717, 1.165) is 22.3 Å². The molecule has 194 valence electrons. The lowest BCUT2D eigenvalue weighted by Gasteiger charge is -2.30. The fraction of sp³-hybridized carbons (Fsp3) is 0.259. The first-order valence-electron chi connectivity index (χ1n) is 11.5. The van der Waals surface area contributed by atoms with Gasteiger partial charge in [0.05, 0.1) is 16.5 Å². The highest BCUT2D eigenvalue weighted by molar-refractivity contribution is 7.14. The van der Waals surface area contributed by atoms with Crippen LogP contribution in [0.1, 0.15) is 67.5 Å². The van der Waals surface area contributed by atoms with Gasteiger partial charge in [-0.25, -0.2) is 18.8 Å². The number of carbonyl (C=O) groups is 4. The zero-order chi connectivity index (χ0) is 27.3. The number of nitrogens with one attached hydrogen (secondary N) is 1. The second kappa shape index (κ2) is 11.3. The van der Waals surface area contributed by atoms with E-state index < -0.39 is 35.0 Å². The van der Waals surface area contributed by atoms with Gasteiger partial charge in [-0.2, -0.15) is 0 Å². The average molecular weight is 528 g/mol. The summed E-state index contributed by atoms with van der Waals surface area (Å²) in [6.45, 7) is 5.39. The van der Waals surface area contributed by atoms with Crippen molar-refractivity contribution in [2.75, 3.05) is 5.32 Å². The normalized spacial score (nSPS) is 11.1. The Hall–Kier alpha value is -4.05. The lowest BCUT2D eigenvalue weighted by Crippen LogP contribution is -2.37. The van der Waals surface area contributed by atoms with Crippen molar-refractivity contribution < 1.29 is 38.5 Å². The van der Waals surface area contributed by atoms with Gasteiger partial charge in [-0.1, -0.05) is 19.9 Å². The maximum Gasteiger partial charge on any atom is 0.353 e. The summed E-state index contributed by atoms with van der Waals surface area (Å²) < 4.78 is 19.3. The molecule has 0 aliphatic carbocycles. The summed E-state index contributed by atoms with van der Waals surface area (Å²) in [7, 11) is 0. The van der Waals surface area contributed by atoms with E-state index in [1.165, 1.54) is 24.3 Å². The molecule has 0 unspecified atom stereocenters. The van der Waals surface area contributed by atoms with E-state index in [2.05, 4.69) is 5.32 Å². The van der Waals surface area contributed by atoms with E-state index in [0.29, 0.717) is 18.4 Å². The minimum absolute atomic E-state index is 0.0594. The molecule has 3 rings (SSSR count). The third kappa shape index (κ3) is 6.39. The van der Waals surface area contributed by atoms with Crippen LogP contribution in [0.2, 0.25) is 0 Å². The molecule has 2 aromatic carbocycles. The summed E-state index contributed by atoms with van der Waals surface area (Å²) in [5.74, 6) is -4.58. The van der Waals surface area contributed by atoms with E-state index in [4.69, 9.17) is 4.74 Å². The second-order valence-electron chi connectivity index (χ2n) is 8.62. The number of halogens is 1. The van der Waals surface area contributed by atoms with Crippen LogP contribution in [0, 0.1) is 18.2 Å². The summed E-state index contributed by atoms with van der Waals surface area (Å²) in [4.78, 5) is 49.7. The number of rotatable bonds is 10. The van der Waals surface area contributed by atoms with Gasteiger partial charge in [0.1, 0.15) is 4.88 Å². The van der Waals surface area contributed by atoms with Crippen LogP contribution in [0.25, 0.3) is 0 Å². The van der Waals surface area contributed by atoms with Gasteiger partial charge in [0.2, 0.25) is 5.91 Å². The number of ether oxygens (including phenoxy) is 1. The molecular weight excluding hydrogens is 501 g/mol. The van der Waals surface area contributed by atoms with Crippen LogP contribution in [0.15, 0.2) is 48.5 Å². The van der Waals surface area contributed by atoms with E-state index in [1.807, 2.05) is 13.8 Å². The van der Waals surface area contributed by atoms with Gasteiger partial charge in [-0.05, 0) is 74.2 Å². The Morgan fingerprint density at radius 3 is 2.11 bits per heavy atom. The van der Waals surface area contributed by atoms with Crippen molar-refractivity contribution in [3.63, 3.8) is 0 Å². The van der Waals surface area contributed by atoms with Gasteiger partial charge >= 0.3 is 17.9 Å². The van der Waals surface area contributed by atoms with Crippen molar-refractivity contribution in [3.05, 3.63) is 80.8 Å². The fourth-order valence-electron chi connectivity index (χ4n) is 3.87. The van der Waals surface area contributed by atoms with Crippen molar-refractivity contribution in [2.24, 2.45) is 5.41 Å². The molecule has 1 heterocycles. The quantitative estimate of drug-likeness (QED) is 0.224. The Balaban J connectivity index is 1.80. The van der Waals surface area contributed by atoms with Gasteiger partial charge in [-0.3, -0.25) is 4.79 Å². The Labute approximate surface area is 216 Å². The highest BCUT2D eigenvalue weighted by Crippen LogP contribution is 2.35. The summed E-state index contributed by atoms with van der Waals surface area (Å²) >= 11 is 1.13. The summed E-state index contributed by atoms with van der Waals surface area (Å²) in [6, 6.07) is 11.0. The minimum atomic E-state index is -1.32. The fourth-order valence-corrected chi connectivity index (χ4v) is 4.89. The molecule has 3 aromatic rings. The predicted octanol–water partition coefficient (Wildman–Crippen LogP) is 5.80. The molecule has 1 amide bonds. The van der Waals surface area contributed by atoms with Gasteiger partial charge in [0, 0.05) is 10.6 Å². The number of hydrogen-bond acceptors (Lipinski definition) is 6. The van der Waals surface area contributed by atoms with Crippen molar-refractivity contribution in [2.45, 2.75) is 40.0 Å². The number of carboxylic acid groups (broad SMARTS) is 2. The highest BCUT2D eigenvalue weighted by atomic mass is 32.1. The van der Waals surface area contributed by atoms with Crippen molar-refractivity contribution in [1.29, 1.82) is 0 Å². The lowest BCUT2D eigenvalue weighted by molar-refractivity contribution is -0.126. The van der Waals surface area contributed by atoms with Gasteiger partial charge < -0.3 is 20.3 Å². The molecule has 0 bridgehead atoms. The maximum absolute atomic E-state index is 14.1. The largest absolute Gasteiger partial charge is 0.478 e. The van der Waals surface area contributed by atoms with Crippen molar-refractivity contribution >= 4 is 40.8 Å². The molecule has 1 aromatic heterocycles. The Morgan fingerprint density at radius 2 is 1.57 bits per heavy atom. The number of carboxylic acids is 2. The number of aryl methyl sites for hydroxylation is 1. The standard InChI is InChI=1S/C27H26FNO7S/c1-4-27(5-2,26(35)29-18-12-16(23(30)31)11-17(13-18)24(32)33)14-19-7-9-22(37-19)25(34)36-21-8-6-15(3)10-20(21)28/h6-13H,4-5,14H2,1-3H3,(H,29,35)(H,30,31)(H,32,33). The number of aromatic carboxylic acids is 2. The SMILES string of the molecule is CCC(CC)(Cc1ccc(C(=O)Oc2ccc(C)cc2F)s1)C(=O)Nc1cc(C(=O)O)cc(C(=O)O)c1. The van der Waals surface area contributed by atoms with Crippen LogP contribution in [0.4, 0.5) is 10.1 Å². The first-order chi connectivity index (χ1) is 17.5. The molecule has 0 saturated heterocycles. The predicted molar refractivity (Wildman–Crippen MR) is 136 cm³/mol. The number of hydrogen-bond donors (Lipinski definition) is 3. The molecule has 0 aliphatic rings. The number of anilines is 1. The van der Waals surface area contributed by atoms with Crippen LogP contribution in [-0.4, -0.2) is 34.0 Å². The molecule has 0 radical (unpaired) electrons. The van der Waals surface area contributed by atoms with Gasteiger partial charge in [0.15, 0.2) is 11.6 Å². The summed E-state index contributed by atoms with van der Waals surface area (Å²) in [5, 5.41) is 21.3. The van der Waals surface area contributed by atoms with Gasteiger partial charge in [-0.15, -0.1) is 11.3 Å². The number of esters is 1. The monoisotopic (exact) mass is 527 g/mol. The van der Waals surface area contributed by atoms with Crippen LogP contribution in [0.3, 0.4) is 0 Å². The van der Waals surface area contributed by atoms with Crippen LogP contribution in [-0.2, 0) is 11.2 Å². The zero-order valence-electron chi connectivity index (χ0n) is 20.5. The van der Waals surface area contributed by atoms with E-state index in [9.17, 15) is 33.8 Å². The number of carbonyl (C=O) groups excluding carboxylic acids is 2. The molecule has 0 aliphatic heterocycles. The number of amides is 1. The van der Waals surface area contributed by atoms with Crippen LogP contribution >= 0.6 is 11.3 Å².